The number of halogens is 2. The second kappa shape index (κ2) is 7.64. The van der Waals surface area contributed by atoms with Gasteiger partial charge in [0.05, 0.1) is 6.42 Å². The van der Waals surface area contributed by atoms with Gasteiger partial charge in [0.15, 0.2) is 0 Å². The molecular formula is C19H16Br2O3. The lowest BCUT2D eigenvalue weighted by atomic mass is 10.1. The number of carbonyl (C=O) groups is 1. The van der Waals surface area contributed by atoms with Crippen LogP contribution in [0.3, 0.4) is 0 Å². The smallest absolute Gasteiger partial charge is 0.227 e. The Hall–Kier alpha value is -1.43. The largest absolute Gasteiger partial charge is 0.465 e. The number of ketones is 1. The van der Waals surface area contributed by atoms with Crippen molar-refractivity contribution in [3.8, 4) is 0 Å². The minimum atomic E-state index is -0.536. The van der Waals surface area contributed by atoms with Gasteiger partial charge in [-0.25, -0.2) is 0 Å². The summed E-state index contributed by atoms with van der Waals surface area (Å²) in [5.74, 6) is 0.710. The summed E-state index contributed by atoms with van der Waals surface area (Å²) in [5, 5.41) is 0. The number of allylic oxidation sites excluding steroid dienone is 1. The highest BCUT2D eigenvalue weighted by molar-refractivity contribution is 9.10. The minimum Gasteiger partial charge on any atom is -0.465 e. The fourth-order valence-corrected chi connectivity index (χ4v) is 3.01. The predicted molar refractivity (Wildman–Crippen MR) is 99.3 cm³/mol. The van der Waals surface area contributed by atoms with Gasteiger partial charge < -0.3 is 9.47 Å². The predicted octanol–water partition coefficient (Wildman–Crippen LogP) is 5.86. The monoisotopic (exact) mass is 450 g/mol. The number of carbonyl (C=O) groups excluding carboxylic acids is 1. The van der Waals surface area contributed by atoms with Gasteiger partial charge in [0.25, 0.3) is 0 Å². The van der Waals surface area contributed by atoms with Crippen molar-refractivity contribution in [1.29, 1.82) is 0 Å². The number of hydrogen-bond acceptors (Lipinski definition) is 3. The molecule has 2 aromatic carbocycles. The SMILES string of the molecule is CC(=O)CC1=C[C@@H](c2ccc(Br)cc2)O[C@@H](c2ccc(Br)cc2)O1. The number of benzene rings is 2. The van der Waals surface area contributed by atoms with Crippen molar-refractivity contribution in [2.45, 2.75) is 25.7 Å². The lowest BCUT2D eigenvalue weighted by Gasteiger charge is -2.30. The average molecular weight is 452 g/mol. The van der Waals surface area contributed by atoms with Gasteiger partial charge in [0.1, 0.15) is 17.6 Å². The van der Waals surface area contributed by atoms with Crippen molar-refractivity contribution in [2.24, 2.45) is 0 Å². The van der Waals surface area contributed by atoms with Gasteiger partial charge >= 0.3 is 0 Å². The van der Waals surface area contributed by atoms with Gasteiger partial charge in [0.2, 0.25) is 6.29 Å². The van der Waals surface area contributed by atoms with Gasteiger partial charge in [-0.2, -0.15) is 0 Å². The second-order valence-corrected chi connectivity index (χ2v) is 7.45. The van der Waals surface area contributed by atoms with E-state index in [1.165, 1.54) is 0 Å². The Balaban J connectivity index is 1.90. The molecule has 0 saturated heterocycles. The lowest BCUT2D eigenvalue weighted by Crippen LogP contribution is -2.19. The second-order valence-electron chi connectivity index (χ2n) is 5.62. The third-order valence-corrected chi connectivity index (χ3v) is 4.69. The number of Topliss-reactive ketones (excluding diaryl/α,β-unsaturated/α-hetero) is 1. The van der Waals surface area contributed by atoms with E-state index in [1.807, 2.05) is 54.6 Å². The molecular weight excluding hydrogens is 436 g/mol. The van der Waals surface area contributed by atoms with Crippen LogP contribution in [0.1, 0.15) is 36.9 Å². The Morgan fingerprint density at radius 3 is 2.04 bits per heavy atom. The summed E-state index contributed by atoms with van der Waals surface area (Å²) in [6.45, 7) is 1.56. The standard InChI is InChI=1S/C19H16Br2O3/c1-12(22)10-17-11-18(13-2-6-15(20)7-3-13)24-19(23-17)14-4-8-16(21)9-5-14/h2-9,11,18-19H,10H2,1H3/t18-,19-/m0/s1. The van der Waals surface area contributed by atoms with E-state index in [0.29, 0.717) is 5.76 Å². The molecule has 1 aliphatic heterocycles. The van der Waals surface area contributed by atoms with Crippen LogP contribution in [0.4, 0.5) is 0 Å². The summed E-state index contributed by atoms with van der Waals surface area (Å²) in [6.07, 6.45) is 1.35. The van der Waals surface area contributed by atoms with Crippen LogP contribution in [0.25, 0.3) is 0 Å². The molecule has 0 N–H and O–H groups in total. The molecule has 3 rings (SSSR count). The van der Waals surface area contributed by atoms with E-state index in [1.54, 1.807) is 6.92 Å². The summed E-state index contributed by atoms with van der Waals surface area (Å²) < 4.78 is 14.0. The quantitative estimate of drug-likeness (QED) is 0.583. The lowest BCUT2D eigenvalue weighted by molar-refractivity contribution is -0.163. The molecule has 1 aliphatic rings. The van der Waals surface area contributed by atoms with Crippen LogP contribution in [0.15, 0.2) is 69.3 Å². The zero-order valence-electron chi connectivity index (χ0n) is 13.0. The molecule has 0 bridgehead atoms. The van der Waals surface area contributed by atoms with Gasteiger partial charge in [-0.05, 0) is 42.8 Å². The van der Waals surface area contributed by atoms with Crippen molar-refractivity contribution < 1.29 is 14.3 Å². The molecule has 0 aliphatic carbocycles. The molecule has 5 heteroatoms. The Kier molecular flexibility index (Phi) is 5.54. The topological polar surface area (TPSA) is 35.5 Å². The van der Waals surface area contributed by atoms with E-state index in [4.69, 9.17) is 9.47 Å². The van der Waals surface area contributed by atoms with Crippen molar-refractivity contribution >= 4 is 37.6 Å². The van der Waals surface area contributed by atoms with Crippen molar-refractivity contribution in [3.63, 3.8) is 0 Å². The molecule has 24 heavy (non-hydrogen) atoms. The third-order valence-electron chi connectivity index (χ3n) is 3.63. The maximum absolute atomic E-state index is 11.5. The Bertz CT molecular complexity index is 751. The first-order chi connectivity index (χ1) is 11.5. The summed E-state index contributed by atoms with van der Waals surface area (Å²) in [4.78, 5) is 11.5. The first-order valence-corrected chi connectivity index (χ1v) is 9.13. The van der Waals surface area contributed by atoms with Crippen LogP contribution in [0, 0.1) is 0 Å². The van der Waals surface area contributed by atoms with Crippen molar-refractivity contribution in [3.05, 3.63) is 80.4 Å². The van der Waals surface area contributed by atoms with Crippen molar-refractivity contribution in [2.75, 3.05) is 0 Å². The van der Waals surface area contributed by atoms with E-state index < -0.39 is 6.29 Å². The van der Waals surface area contributed by atoms with Gasteiger partial charge in [-0.3, -0.25) is 4.79 Å². The summed E-state index contributed by atoms with van der Waals surface area (Å²) >= 11 is 6.87. The molecule has 0 unspecified atom stereocenters. The molecule has 1 heterocycles. The fourth-order valence-electron chi connectivity index (χ4n) is 2.49. The summed E-state index contributed by atoms with van der Waals surface area (Å²) in [5.41, 5.74) is 1.93. The number of hydrogen-bond donors (Lipinski definition) is 0. The first kappa shape index (κ1) is 17.4. The van der Waals surface area contributed by atoms with Crippen LogP contribution < -0.4 is 0 Å². The van der Waals surface area contributed by atoms with Crippen LogP contribution in [-0.4, -0.2) is 5.78 Å². The van der Waals surface area contributed by atoms with Crippen LogP contribution >= 0.6 is 31.9 Å². The highest BCUT2D eigenvalue weighted by atomic mass is 79.9. The van der Waals surface area contributed by atoms with Crippen LogP contribution in [0.5, 0.6) is 0 Å². The molecule has 2 atom stereocenters. The van der Waals surface area contributed by atoms with Crippen LogP contribution in [-0.2, 0) is 14.3 Å². The van der Waals surface area contributed by atoms with Gasteiger partial charge in [-0.15, -0.1) is 0 Å². The molecule has 0 radical (unpaired) electrons. The molecule has 0 aromatic heterocycles. The van der Waals surface area contributed by atoms with Gasteiger partial charge in [0, 0.05) is 14.5 Å². The van der Waals surface area contributed by atoms with Crippen LogP contribution in [0.2, 0.25) is 0 Å². The Labute approximate surface area is 157 Å². The Morgan fingerprint density at radius 1 is 0.958 bits per heavy atom. The molecule has 2 aromatic rings. The molecule has 0 saturated carbocycles. The normalized spacial score (nSPS) is 20.2. The molecule has 3 nitrogen and oxygen atoms in total. The van der Waals surface area contributed by atoms with E-state index in [-0.39, 0.29) is 18.3 Å². The highest BCUT2D eigenvalue weighted by Crippen LogP contribution is 2.37. The Morgan fingerprint density at radius 2 is 1.50 bits per heavy atom. The van der Waals surface area contributed by atoms with E-state index in [2.05, 4.69) is 31.9 Å². The number of rotatable bonds is 4. The van der Waals surface area contributed by atoms with E-state index in [9.17, 15) is 4.79 Å². The highest BCUT2D eigenvalue weighted by Gasteiger charge is 2.27. The maximum Gasteiger partial charge on any atom is 0.227 e. The van der Waals surface area contributed by atoms with E-state index in [0.717, 1.165) is 20.1 Å². The third kappa shape index (κ3) is 4.35. The maximum atomic E-state index is 11.5. The average Bonchev–Trinajstić information content (AvgIpc) is 2.55. The molecule has 0 spiro atoms. The van der Waals surface area contributed by atoms with Crippen molar-refractivity contribution in [1.82, 2.24) is 0 Å². The minimum absolute atomic E-state index is 0.0623. The number of ether oxygens (including phenoxy) is 2. The van der Waals surface area contributed by atoms with Gasteiger partial charge in [-0.1, -0.05) is 56.1 Å². The van der Waals surface area contributed by atoms with E-state index >= 15 is 0 Å². The zero-order chi connectivity index (χ0) is 17.1. The summed E-state index contributed by atoms with van der Waals surface area (Å²) in [7, 11) is 0. The summed E-state index contributed by atoms with van der Waals surface area (Å²) in [6, 6.07) is 15.7. The molecule has 124 valence electrons. The molecule has 0 fully saturated rings. The first-order valence-electron chi connectivity index (χ1n) is 7.54. The molecule has 0 amide bonds. The zero-order valence-corrected chi connectivity index (χ0v) is 16.2. The fraction of sp³-hybridized carbons (Fsp3) is 0.211.